The lowest BCUT2D eigenvalue weighted by Gasteiger charge is -2.41. The van der Waals surface area contributed by atoms with Gasteiger partial charge < -0.3 is 4.74 Å². The van der Waals surface area contributed by atoms with Crippen LogP contribution >= 0.6 is 0 Å². The van der Waals surface area contributed by atoms with Crippen LogP contribution in [0.1, 0.15) is 47.0 Å². The largest absolute Gasteiger partial charge is 0.373 e. The summed E-state index contributed by atoms with van der Waals surface area (Å²) in [5.41, 5.74) is -0.372. The van der Waals surface area contributed by atoms with Crippen molar-refractivity contribution in [1.82, 2.24) is 10.2 Å². The first-order chi connectivity index (χ1) is 8.86. The van der Waals surface area contributed by atoms with E-state index in [4.69, 9.17) is 4.74 Å². The molecule has 0 bridgehead atoms. The summed E-state index contributed by atoms with van der Waals surface area (Å²) in [6.45, 7) is 11.3. The molecule has 1 aliphatic carbocycles. The molecule has 2 rings (SSSR count). The van der Waals surface area contributed by atoms with Crippen molar-refractivity contribution in [2.45, 2.75) is 70.2 Å². The van der Waals surface area contributed by atoms with Crippen molar-refractivity contribution in [2.24, 2.45) is 0 Å². The highest BCUT2D eigenvalue weighted by molar-refractivity contribution is 5.14. The Morgan fingerprint density at radius 2 is 2.16 bits per heavy atom. The molecule has 2 fully saturated rings. The second-order valence-electron chi connectivity index (χ2n) is 6.97. The molecule has 1 saturated heterocycles. The minimum absolute atomic E-state index is 0.0539. The molecule has 1 N–H and O–H groups in total. The molecule has 0 radical (unpaired) electrons. The van der Waals surface area contributed by atoms with Gasteiger partial charge in [-0.15, -0.1) is 0 Å². The van der Waals surface area contributed by atoms with E-state index < -0.39 is 0 Å². The molecule has 0 aromatic rings. The second-order valence-corrected chi connectivity index (χ2v) is 6.97. The fourth-order valence-corrected chi connectivity index (χ4v) is 3.51. The van der Waals surface area contributed by atoms with Gasteiger partial charge in [0, 0.05) is 25.2 Å². The number of nitrogens with one attached hydrogen (secondary N) is 1. The van der Waals surface area contributed by atoms with E-state index in [9.17, 15) is 5.26 Å². The number of rotatable bonds is 3. The fourth-order valence-electron chi connectivity index (χ4n) is 3.51. The summed E-state index contributed by atoms with van der Waals surface area (Å²) in [6.07, 6.45) is 3.02. The predicted molar refractivity (Wildman–Crippen MR) is 75.9 cm³/mol. The fraction of sp³-hybridized carbons (Fsp3) is 0.933. The number of hydrogen-bond donors (Lipinski definition) is 1. The first-order valence-electron chi connectivity index (χ1n) is 7.43. The minimum Gasteiger partial charge on any atom is -0.373 e. The Hall–Kier alpha value is -0.630. The van der Waals surface area contributed by atoms with Crippen LogP contribution in [0.5, 0.6) is 0 Å². The van der Waals surface area contributed by atoms with E-state index in [2.05, 4.69) is 44.0 Å². The first kappa shape index (κ1) is 14.8. The number of nitriles is 1. The molecule has 4 heteroatoms. The summed E-state index contributed by atoms with van der Waals surface area (Å²) < 4.78 is 5.78. The third kappa shape index (κ3) is 3.47. The standard InChI is InChI=1S/C15H27N3O/c1-12(2)17-15(10-16)6-5-13(9-15)18-7-8-19-14(3,4)11-18/h12-13,17H,5-9,11H2,1-4H3. The molecule has 108 valence electrons. The van der Waals surface area contributed by atoms with Crippen LogP contribution in [0.4, 0.5) is 0 Å². The molecule has 2 atom stereocenters. The lowest BCUT2D eigenvalue weighted by atomic mass is 9.97. The molecule has 2 aliphatic rings. The van der Waals surface area contributed by atoms with Crippen molar-refractivity contribution in [2.75, 3.05) is 19.7 Å². The van der Waals surface area contributed by atoms with E-state index >= 15 is 0 Å². The summed E-state index contributed by atoms with van der Waals surface area (Å²) in [4.78, 5) is 2.52. The monoisotopic (exact) mass is 265 g/mol. The average molecular weight is 265 g/mol. The molecule has 0 amide bonds. The molecular formula is C15H27N3O. The minimum atomic E-state index is -0.318. The van der Waals surface area contributed by atoms with E-state index in [1.807, 2.05) is 0 Å². The third-order valence-corrected chi connectivity index (χ3v) is 4.24. The predicted octanol–water partition coefficient (Wildman–Crippen LogP) is 1.91. The van der Waals surface area contributed by atoms with E-state index in [0.29, 0.717) is 12.1 Å². The van der Waals surface area contributed by atoms with E-state index in [-0.39, 0.29) is 11.1 Å². The Morgan fingerprint density at radius 1 is 1.42 bits per heavy atom. The van der Waals surface area contributed by atoms with E-state index in [1.54, 1.807) is 0 Å². The molecule has 4 nitrogen and oxygen atoms in total. The van der Waals surface area contributed by atoms with E-state index in [1.165, 1.54) is 0 Å². The zero-order valence-electron chi connectivity index (χ0n) is 12.7. The van der Waals surface area contributed by atoms with Crippen LogP contribution in [-0.4, -0.2) is 47.8 Å². The second kappa shape index (κ2) is 5.40. The number of morpholine rings is 1. The van der Waals surface area contributed by atoms with Crippen LogP contribution in [0, 0.1) is 11.3 Å². The van der Waals surface area contributed by atoms with Crippen LogP contribution in [0.2, 0.25) is 0 Å². The molecule has 2 unspecified atom stereocenters. The highest BCUT2D eigenvalue weighted by Crippen LogP contribution is 2.34. The Balaban J connectivity index is 1.99. The molecule has 0 spiro atoms. The lowest BCUT2D eigenvalue weighted by Crippen LogP contribution is -2.53. The number of hydrogen-bond acceptors (Lipinski definition) is 4. The molecule has 1 aliphatic heterocycles. The van der Waals surface area contributed by atoms with Crippen LogP contribution in [0.25, 0.3) is 0 Å². The van der Waals surface area contributed by atoms with Crippen molar-refractivity contribution >= 4 is 0 Å². The summed E-state index contributed by atoms with van der Waals surface area (Å²) in [7, 11) is 0. The van der Waals surface area contributed by atoms with Crippen molar-refractivity contribution in [1.29, 1.82) is 5.26 Å². The number of ether oxygens (including phenoxy) is 1. The Labute approximate surface area is 117 Å². The summed E-state index contributed by atoms with van der Waals surface area (Å²) >= 11 is 0. The van der Waals surface area contributed by atoms with Gasteiger partial charge in [0.05, 0.1) is 18.3 Å². The maximum absolute atomic E-state index is 9.53. The zero-order valence-corrected chi connectivity index (χ0v) is 12.7. The average Bonchev–Trinajstić information content (AvgIpc) is 2.72. The van der Waals surface area contributed by atoms with Gasteiger partial charge in [0.15, 0.2) is 0 Å². The van der Waals surface area contributed by atoms with Crippen molar-refractivity contribution in [3.63, 3.8) is 0 Å². The molecule has 0 aromatic heterocycles. The van der Waals surface area contributed by atoms with Crippen molar-refractivity contribution in [3.8, 4) is 6.07 Å². The first-order valence-corrected chi connectivity index (χ1v) is 7.43. The molecule has 0 aromatic carbocycles. The smallest absolute Gasteiger partial charge is 0.108 e. The maximum atomic E-state index is 9.53. The Kier molecular flexibility index (Phi) is 4.20. The van der Waals surface area contributed by atoms with Gasteiger partial charge >= 0.3 is 0 Å². The van der Waals surface area contributed by atoms with Crippen LogP contribution in [0.3, 0.4) is 0 Å². The van der Waals surface area contributed by atoms with Gasteiger partial charge in [0.2, 0.25) is 0 Å². The van der Waals surface area contributed by atoms with Gasteiger partial charge in [0.25, 0.3) is 0 Å². The van der Waals surface area contributed by atoms with Gasteiger partial charge in [0.1, 0.15) is 5.54 Å². The SMILES string of the molecule is CC(C)NC1(C#N)CCC(N2CCOC(C)(C)C2)C1. The van der Waals surface area contributed by atoms with Gasteiger partial charge in [-0.05, 0) is 47.0 Å². The van der Waals surface area contributed by atoms with Gasteiger partial charge in [-0.25, -0.2) is 0 Å². The molecule has 19 heavy (non-hydrogen) atoms. The summed E-state index contributed by atoms with van der Waals surface area (Å²) in [5, 5.41) is 13.0. The van der Waals surface area contributed by atoms with Gasteiger partial charge in [-0.3, -0.25) is 10.2 Å². The van der Waals surface area contributed by atoms with E-state index in [0.717, 1.165) is 39.0 Å². The third-order valence-electron chi connectivity index (χ3n) is 4.24. The molecular weight excluding hydrogens is 238 g/mol. The van der Waals surface area contributed by atoms with Crippen LogP contribution in [0.15, 0.2) is 0 Å². The van der Waals surface area contributed by atoms with Crippen molar-refractivity contribution < 1.29 is 4.74 Å². The van der Waals surface area contributed by atoms with Crippen LogP contribution in [-0.2, 0) is 4.74 Å². The summed E-state index contributed by atoms with van der Waals surface area (Å²) in [6, 6.07) is 3.41. The maximum Gasteiger partial charge on any atom is 0.108 e. The highest BCUT2D eigenvalue weighted by atomic mass is 16.5. The molecule has 1 heterocycles. The number of nitrogens with zero attached hydrogens (tertiary/aromatic N) is 2. The normalized spacial score (nSPS) is 35.5. The van der Waals surface area contributed by atoms with Gasteiger partial charge in [-0.1, -0.05) is 0 Å². The highest BCUT2D eigenvalue weighted by Gasteiger charge is 2.43. The topological polar surface area (TPSA) is 48.3 Å². The Bertz CT molecular complexity index is 361. The van der Waals surface area contributed by atoms with Gasteiger partial charge in [-0.2, -0.15) is 5.26 Å². The van der Waals surface area contributed by atoms with Crippen molar-refractivity contribution in [3.05, 3.63) is 0 Å². The van der Waals surface area contributed by atoms with Crippen LogP contribution < -0.4 is 5.32 Å². The quantitative estimate of drug-likeness (QED) is 0.847. The zero-order chi connectivity index (χ0) is 14.1. The summed E-state index contributed by atoms with van der Waals surface area (Å²) in [5.74, 6) is 0. The molecule has 1 saturated carbocycles. The Morgan fingerprint density at radius 3 is 2.74 bits per heavy atom. The lowest BCUT2D eigenvalue weighted by molar-refractivity contribution is -0.0967.